The molecule has 4 nitrogen and oxygen atoms in total. The molecule has 0 aliphatic carbocycles. The van der Waals surface area contributed by atoms with Crippen LogP contribution in [0.1, 0.15) is 0 Å². The van der Waals surface area contributed by atoms with Gasteiger partial charge in [-0.15, -0.1) is 0 Å². The number of fused-ring (bicyclic) bond motifs is 1. The molecule has 5 heteroatoms. The molecule has 2 rings (SSSR count). The van der Waals surface area contributed by atoms with Gasteiger partial charge in [0.15, 0.2) is 0 Å². The van der Waals surface area contributed by atoms with Crippen LogP contribution in [0.2, 0.25) is 0 Å². The standard InChI is InChI=1S/C6H5BrN2O2/c7-4-3-8-5-6(9-4)11-2-1-10-5/h3H,1-2H2. The van der Waals surface area contributed by atoms with Crippen molar-refractivity contribution in [3.8, 4) is 11.8 Å². The highest BCUT2D eigenvalue weighted by Crippen LogP contribution is 2.25. The average molecular weight is 217 g/mol. The molecule has 2 heterocycles. The van der Waals surface area contributed by atoms with Crippen LogP contribution in [0.4, 0.5) is 0 Å². The molecule has 1 aromatic rings. The zero-order valence-electron chi connectivity index (χ0n) is 5.58. The topological polar surface area (TPSA) is 44.2 Å². The van der Waals surface area contributed by atoms with Crippen molar-refractivity contribution < 1.29 is 9.47 Å². The van der Waals surface area contributed by atoms with Crippen LogP contribution in [0.3, 0.4) is 0 Å². The van der Waals surface area contributed by atoms with Crippen molar-refractivity contribution in [2.45, 2.75) is 0 Å². The second-order valence-corrected chi connectivity index (χ2v) is 2.81. The molecule has 0 aromatic carbocycles. The van der Waals surface area contributed by atoms with E-state index in [1.54, 1.807) is 6.20 Å². The summed E-state index contributed by atoms with van der Waals surface area (Å²) in [5.74, 6) is 0.935. The zero-order valence-corrected chi connectivity index (χ0v) is 7.17. The van der Waals surface area contributed by atoms with Crippen molar-refractivity contribution in [2.24, 2.45) is 0 Å². The SMILES string of the molecule is Brc1cnc2c(n1)OCCO2. The molecule has 0 amide bonds. The van der Waals surface area contributed by atoms with Gasteiger partial charge in [-0.3, -0.25) is 0 Å². The molecule has 0 fully saturated rings. The molecular weight excluding hydrogens is 212 g/mol. The molecule has 0 radical (unpaired) electrons. The highest BCUT2D eigenvalue weighted by atomic mass is 79.9. The van der Waals surface area contributed by atoms with Crippen LogP contribution >= 0.6 is 15.9 Å². The van der Waals surface area contributed by atoms with Gasteiger partial charge in [0.25, 0.3) is 11.8 Å². The number of hydrogen-bond donors (Lipinski definition) is 0. The lowest BCUT2D eigenvalue weighted by Crippen LogP contribution is -2.17. The second kappa shape index (κ2) is 2.65. The van der Waals surface area contributed by atoms with E-state index in [0.29, 0.717) is 29.6 Å². The van der Waals surface area contributed by atoms with Gasteiger partial charge in [-0.1, -0.05) is 0 Å². The van der Waals surface area contributed by atoms with Gasteiger partial charge in [0.2, 0.25) is 0 Å². The minimum absolute atomic E-state index is 0.464. The third-order valence-electron chi connectivity index (χ3n) is 1.24. The summed E-state index contributed by atoms with van der Waals surface area (Å²) in [6.45, 7) is 1.08. The second-order valence-electron chi connectivity index (χ2n) is 2.00. The first kappa shape index (κ1) is 6.84. The number of aromatic nitrogens is 2. The molecule has 0 atom stereocenters. The van der Waals surface area contributed by atoms with E-state index in [0.717, 1.165) is 0 Å². The lowest BCUT2D eigenvalue weighted by molar-refractivity contribution is 0.157. The van der Waals surface area contributed by atoms with Crippen molar-refractivity contribution in [3.05, 3.63) is 10.8 Å². The first-order chi connectivity index (χ1) is 5.36. The van der Waals surface area contributed by atoms with E-state index < -0.39 is 0 Å². The predicted molar refractivity (Wildman–Crippen MR) is 40.7 cm³/mol. The van der Waals surface area contributed by atoms with Crippen LogP contribution in [0.15, 0.2) is 10.8 Å². The molecule has 0 saturated carbocycles. The zero-order chi connectivity index (χ0) is 7.68. The van der Waals surface area contributed by atoms with Gasteiger partial charge in [0, 0.05) is 0 Å². The Kier molecular flexibility index (Phi) is 1.65. The summed E-state index contributed by atoms with van der Waals surface area (Å²) in [6, 6.07) is 0. The van der Waals surface area contributed by atoms with Crippen molar-refractivity contribution >= 4 is 15.9 Å². The fourth-order valence-electron chi connectivity index (χ4n) is 0.811. The lowest BCUT2D eigenvalue weighted by Gasteiger charge is -2.15. The van der Waals surface area contributed by atoms with Crippen LogP contribution in [0, 0.1) is 0 Å². The van der Waals surface area contributed by atoms with Crippen LogP contribution in [-0.2, 0) is 0 Å². The Morgan fingerprint density at radius 1 is 1.27 bits per heavy atom. The Bertz CT molecular complexity index is 279. The highest BCUT2D eigenvalue weighted by molar-refractivity contribution is 9.10. The average Bonchev–Trinajstić information content (AvgIpc) is 2.04. The molecular formula is C6H5BrN2O2. The molecule has 1 aliphatic heterocycles. The third-order valence-corrected chi connectivity index (χ3v) is 1.62. The van der Waals surface area contributed by atoms with Gasteiger partial charge in [-0.05, 0) is 15.9 Å². The fraction of sp³-hybridized carbons (Fsp3) is 0.333. The molecule has 11 heavy (non-hydrogen) atoms. The summed E-state index contributed by atoms with van der Waals surface area (Å²) < 4.78 is 11.0. The molecule has 0 saturated heterocycles. The minimum atomic E-state index is 0.464. The van der Waals surface area contributed by atoms with Gasteiger partial charge in [0.05, 0.1) is 6.20 Å². The highest BCUT2D eigenvalue weighted by Gasteiger charge is 2.13. The van der Waals surface area contributed by atoms with Gasteiger partial charge < -0.3 is 9.47 Å². The van der Waals surface area contributed by atoms with Gasteiger partial charge in [-0.2, -0.15) is 4.98 Å². The summed E-state index contributed by atoms with van der Waals surface area (Å²) in [4.78, 5) is 7.98. The maximum Gasteiger partial charge on any atom is 0.279 e. The molecule has 1 aromatic heterocycles. The van der Waals surface area contributed by atoms with Crippen molar-refractivity contribution in [3.63, 3.8) is 0 Å². The molecule has 0 bridgehead atoms. The van der Waals surface area contributed by atoms with E-state index >= 15 is 0 Å². The quantitative estimate of drug-likeness (QED) is 0.650. The summed E-state index contributed by atoms with van der Waals surface area (Å²) in [5, 5.41) is 0. The van der Waals surface area contributed by atoms with E-state index in [-0.39, 0.29) is 0 Å². The van der Waals surface area contributed by atoms with Crippen LogP contribution < -0.4 is 9.47 Å². The molecule has 1 aliphatic rings. The smallest absolute Gasteiger partial charge is 0.279 e. The molecule has 0 spiro atoms. The van der Waals surface area contributed by atoms with E-state index in [4.69, 9.17) is 9.47 Å². The Hall–Kier alpha value is -0.840. The van der Waals surface area contributed by atoms with E-state index in [1.165, 1.54) is 0 Å². The first-order valence-electron chi connectivity index (χ1n) is 3.14. The van der Waals surface area contributed by atoms with Crippen LogP contribution in [-0.4, -0.2) is 23.2 Å². The monoisotopic (exact) mass is 216 g/mol. The van der Waals surface area contributed by atoms with Gasteiger partial charge >= 0.3 is 0 Å². The summed E-state index contributed by atoms with van der Waals surface area (Å²) in [5.41, 5.74) is 0. The van der Waals surface area contributed by atoms with E-state index in [2.05, 4.69) is 25.9 Å². The lowest BCUT2D eigenvalue weighted by atomic mass is 10.6. The normalized spacial score (nSPS) is 14.6. The Morgan fingerprint density at radius 3 is 2.82 bits per heavy atom. The fourth-order valence-corrected chi connectivity index (χ4v) is 1.07. The number of ether oxygens (including phenoxy) is 2. The molecule has 0 N–H and O–H groups in total. The maximum absolute atomic E-state index is 5.18. The Balaban J connectivity index is 2.43. The van der Waals surface area contributed by atoms with Crippen LogP contribution in [0.5, 0.6) is 11.8 Å². The molecule has 0 unspecified atom stereocenters. The maximum atomic E-state index is 5.18. The van der Waals surface area contributed by atoms with Crippen molar-refractivity contribution in [1.29, 1.82) is 0 Å². The van der Waals surface area contributed by atoms with Crippen molar-refractivity contribution in [2.75, 3.05) is 13.2 Å². The van der Waals surface area contributed by atoms with E-state index in [9.17, 15) is 0 Å². The minimum Gasteiger partial charge on any atom is -0.470 e. The van der Waals surface area contributed by atoms with E-state index in [1.807, 2.05) is 0 Å². The Labute approximate surface area is 71.7 Å². The summed E-state index contributed by atoms with van der Waals surface area (Å²) in [6.07, 6.45) is 1.58. The number of hydrogen-bond acceptors (Lipinski definition) is 4. The van der Waals surface area contributed by atoms with Gasteiger partial charge in [-0.25, -0.2) is 4.98 Å². The van der Waals surface area contributed by atoms with Crippen molar-refractivity contribution in [1.82, 2.24) is 9.97 Å². The number of halogens is 1. The van der Waals surface area contributed by atoms with Gasteiger partial charge in [0.1, 0.15) is 17.8 Å². The Morgan fingerprint density at radius 2 is 2.00 bits per heavy atom. The van der Waals surface area contributed by atoms with Crippen LogP contribution in [0.25, 0.3) is 0 Å². The summed E-state index contributed by atoms with van der Waals surface area (Å²) >= 11 is 3.18. The largest absolute Gasteiger partial charge is 0.470 e. The first-order valence-corrected chi connectivity index (χ1v) is 3.94. The number of nitrogens with zero attached hydrogens (tertiary/aromatic N) is 2. The third kappa shape index (κ3) is 1.28. The number of rotatable bonds is 0. The predicted octanol–water partition coefficient (Wildman–Crippen LogP) is 1.01. The molecule has 58 valence electrons. The summed E-state index contributed by atoms with van der Waals surface area (Å²) in [7, 11) is 0.